The Morgan fingerprint density at radius 2 is 1.88 bits per heavy atom. The van der Waals surface area contributed by atoms with Crippen LogP contribution in [0.2, 0.25) is 0 Å². The maximum Gasteiger partial charge on any atom is 0.345 e. The van der Waals surface area contributed by atoms with E-state index in [1.54, 1.807) is 11.3 Å². The van der Waals surface area contributed by atoms with Gasteiger partial charge in [0.25, 0.3) is 0 Å². The highest BCUT2D eigenvalue weighted by Crippen LogP contribution is 2.38. The number of nitrogens with one attached hydrogen (secondary N) is 2. The first-order valence-corrected chi connectivity index (χ1v) is 9.33. The Kier molecular flexibility index (Phi) is 4.80. The molecule has 3 aromatic rings. The van der Waals surface area contributed by atoms with Crippen LogP contribution in [0.3, 0.4) is 0 Å². The summed E-state index contributed by atoms with van der Waals surface area (Å²) in [6, 6.07) is 5.34. The Morgan fingerprint density at radius 3 is 2.46 bits per heavy atom. The molecule has 2 heterocycles. The molecule has 0 atom stereocenters. The summed E-state index contributed by atoms with van der Waals surface area (Å²) in [6.07, 6.45) is 0. The van der Waals surface area contributed by atoms with E-state index in [9.17, 15) is 13.6 Å². The number of H-pyrrole nitrogens is 1. The van der Waals surface area contributed by atoms with Crippen LogP contribution in [0.4, 0.5) is 13.9 Å². The highest BCUT2D eigenvalue weighted by molar-refractivity contribution is 9.11. The average Bonchev–Trinajstić information content (AvgIpc) is 3.00. The van der Waals surface area contributed by atoms with Crippen molar-refractivity contribution < 1.29 is 18.6 Å². The quantitative estimate of drug-likeness (QED) is 0.610. The van der Waals surface area contributed by atoms with Crippen LogP contribution >= 0.6 is 38.6 Å². The van der Waals surface area contributed by atoms with E-state index in [0.717, 1.165) is 36.9 Å². The second-order valence-corrected chi connectivity index (χ2v) is 8.74. The SMILES string of the molecule is Cc1[nH+]c(NC(=O)c2c(F)cccc2F)sc1-c1cc(Br)sc1C. The molecule has 0 radical (unpaired) electrons. The molecular formula is C16H12BrF2N2OS2+. The third-order valence-corrected chi connectivity index (χ3v) is 6.09. The van der Waals surface area contributed by atoms with Gasteiger partial charge in [0, 0.05) is 10.4 Å². The van der Waals surface area contributed by atoms with E-state index in [1.807, 2.05) is 19.9 Å². The second kappa shape index (κ2) is 6.70. The highest BCUT2D eigenvalue weighted by atomic mass is 79.9. The number of aryl methyl sites for hydroxylation is 2. The molecule has 2 N–H and O–H groups in total. The van der Waals surface area contributed by atoms with Gasteiger partial charge < -0.3 is 0 Å². The van der Waals surface area contributed by atoms with Crippen molar-refractivity contribution in [1.82, 2.24) is 0 Å². The summed E-state index contributed by atoms with van der Waals surface area (Å²) in [5.74, 6) is -2.60. The zero-order valence-electron chi connectivity index (χ0n) is 12.7. The smallest absolute Gasteiger partial charge is 0.241 e. The summed E-state index contributed by atoms with van der Waals surface area (Å²) < 4.78 is 28.4. The van der Waals surface area contributed by atoms with Gasteiger partial charge in [-0.15, -0.1) is 11.3 Å². The minimum absolute atomic E-state index is 0.428. The van der Waals surface area contributed by atoms with Gasteiger partial charge in [0.15, 0.2) is 0 Å². The Bertz CT molecular complexity index is 916. The third-order valence-electron chi connectivity index (χ3n) is 3.39. The average molecular weight is 430 g/mol. The van der Waals surface area contributed by atoms with Crippen LogP contribution in [-0.4, -0.2) is 5.91 Å². The summed E-state index contributed by atoms with van der Waals surface area (Å²) in [6.45, 7) is 3.90. The first-order chi connectivity index (χ1) is 11.4. The number of amides is 1. The molecule has 0 spiro atoms. The first-order valence-electron chi connectivity index (χ1n) is 6.91. The number of rotatable bonds is 3. The lowest BCUT2D eigenvalue weighted by Gasteiger charge is -1.99. The second-order valence-electron chi connectivity index (χ2n) is 5.08. The van der Waals surface area contributed by atoms with Crippen molar-refractivity contribution in [3.63, 3.8) is 0 Å². The lowest BCUT2D eigenvalue weighted by atomic mass is 10.2. The molecule has 0 aliphatic rings. The number of halogens is 3. The molecule has 0 unspecified atom stereocenters. The number of anilines is 1. The standard InChI is InChI=1S/C16H11BrF2N2OS2/c1-7-14(9-6-12(17)23-8(9)2)24-16(20-7)21-15(22)13-10(18)4-3-5-11(13)19/h3-6H,1-2H3,(H,20,21,22)/p+1. The topological polar surface area (TPSA) is 43.2 Å². The van der Waals surface area contributed by atoms with Crippen molar-refractivity contribution in [2.75, 3.05) is 5.32 Å². The van der Waals surface area contributed by atoms with Crippen molar-refractivity contribution in [3.05, 3.63) is 55.8 Å². The van der Waals surface area contributed by atoms with Crippen molar-refractivity contribution in [2.45, 2.75) is 13.8 Å². The van der Waals surface area contributed by atoms with Crippen LogP contribution in [0, 0.1) is 25.5 Å². The van der Waals surface area contributed by atoms with Gasteiger partial charge in [0.05, 0.1) is 8.66 Å². The fraction of sp³-hybridized carbons (Fsp3) is 0.125. The molecule has 3 nitrogen and oxygen atoms in total. The molecular weight excluding hydrogens is 418 g/mol. The van der Waals surface area contributed by atoms with Gasteiger partial charge >= 0.3 is 11.0 Å². The van der Waals surface area contributed by atoms with E-state index >= 15 is 0 Å². The van der Waals surface area contributed by atoms with Gasteiger partial charge in [-0.05, 0) is 59.3 Å². The van der Waals surface area contributed by atoms with Crippen molar-refractivity contribution in [3.8, 4) is 10.4 Å². The predicted octanol–water partition coefficient (Wildman–Crippen LogP) is 5.20. The number of carbonyl (C=O) groups is 1. The summed E-state index contributed by atoms with van der Waals surface area (Å²) >= 11 is 6.41. The third kappa shape index (κ3) is 3.26. The van der Waals surface area contributed by atoms with Crippen molar-refractivity contribution >= 4 is 49.6 Å². The monoisotopic (exact) mass is 429 g/mol. The van der Waals surface area contributed by atoms with Crippen molar-refractivity contribution in [1.29, 1.82) is 0 Å². The predicted molar refractivity (Wildman–Crippen MR) is 95.7 cm³/mol. The summed E-state index contributed by atoms with van der Waals surface area (Å²) in [4.78, 5) is 17.3. The van der Waals surface area contributed by atoms with Gasteiger partial charge in [0.2, 0.25) is 0 Å². The summed E-state index contributed by atoms with van der Waals surface area (Å²) in [7, 11) is 0. The zero-order valence-corrected chi connectivity index (χ0v) is 15.9. The fourth-order valence-corrected chi connectivity index (χ4v) is 5.14. The number of carbonyl (C=O) groups excluding carboxylic acids is 1. The van der Waals surface area contributed by atoms with E-state index in [0.29, 0.717) is 5.13 Å². The number of hydrogen-bond acceptors (Lipinski definition) is 3. The Morgan fingerprint density at radius 1 is 1.21 bits per heavy atom. The van der Waals surface area contributed by atoms with E-state index in [2.05, 4.69) is 26.2 Å². The maximum atomic E-state index is 13.7. The molecule has 1 aromatic carbocycles. The summed E-state index contributed by atoms with van der Waals surface area (Å²) in [5, 5.41) is 2.96. The molecule has 0 saturated heterocycles. The number of hydrogen-bond donors (Lipinski definition) is 1. The maximum absolute atomic E-state index is 13.7. The fourth-order valence-electron chi connectivity index (χ4n) is 2.30. The van der Waals surface area contributed by atoms with E-state index < -0.39 is 23.1 Å². The lowest BCUT2D eigenvalue weighted by molar-refractivity contribution is -0.363. The molecule has 1 amide bonds. The van der Waals surface area contributed by atoms with Gasteiger partial charge in [-0.25, -0.2) is 18.6 Å². The molecule has 124 valence electrons. The molecule has 0 aliphatic carbocycles. The van der Waals surface area contributed by atoms with E-state index in [1.165, 1.54) is 17.4 Å². The molecule has 3 rings (SSSR count). The number of thiazole rings is 1. The lowest BCUT2D eigenvalue weighted by Crippen LogP contribution is -2.20. The summed E-state index contributed by atoms with van der Waals surface area (Å²) in [5.41, 5.74) is 1.34. The van der Waals surface area contributed by atoms with Gasteiger partial charge in [-0.2, -0.15) is 5.32 Å². The molecule has 8 heteroatoms. The minimum Gasteiger partial charge on any atom is -0.241 e. The molecule has 0 bridgehead atoms. The van der Waals surface area contributed by atoms with Crippen LogP contribution in [-0.2, 0) is 0 Å². The number of thiophene rings is 1. The normalized spacial score (nSPS) is 10.9. The van der Waals surface area contributed by atoms with E-state index in [-0.39, 0.29) is 0 Å². The molecule has 2 aromatic heterocycles. The Labute approximate surface area is 153 Å². The number of benzene rings is 1. The van der Waals surface area contributed by atoms with E-state index in [4.69, 9.17) is 0 Å². The zero-order chi connectivity index (χ0) is 17.4. The van der Waals surface area contributed by atoms with Gasteiger partial charge in [-0.1, -0.05) is 6.07 Å². The molecule has 0 aliphatic heterocycles. The van der Waals surface area contributed by atoms with Crippen LogP contribution in [0.5, 0.6) is 0 Å². The van der Waals surface area contributed by atoms with Crippen LogP contribution in [0.15, 0.2) is 28.1 Å². The minimum atomic E-state index is -0.890. The van der Waals surface area contributed by atoms with Crippen molar-refractivity contribution in [2.24, 2.45) is 0 Å². The first kappa shape index (κ1) is 17.2. The largest absolute Gasteiger partial charge is 0.345 e. The van der Waals surface area contributed by atoms with Crippen LogP contribution in [0.25, 0.3) is 10.4 Å². The Hall–Kier alpha value is -1.64. The van der Waals surface area contributed by atoms with Gasteiger partial charge in [0.1, 0.15) is 22.9 Å². The van der Waals surface area contributed by atoms with Gasteiger partial charge in [-0.3, -0.25) is 0 Å². The van der Waals surface area contributed by atoms with Crippen LogP contribution in [0.1, 0.15) is 20.9 Å². The molecule has 24 heavy (non-hydrogen) atoms. The number of aromatic amines is 1. The van der Waals surface area contributed by atoms with Crippen LogP contribution < -0.4 is 10.3 Å². The Balaban J connectivity index is 1.91. The highest BCUT2D eigenvalue weighted by Gasteiger charge is 2.25. The molecule has 0 fully saturated rings. The molecule has 0 saturated carbocycles. The number of aromatic nitrogens is 1.